The number of carbonyl (C=O) groups excluding carboxylic acids is 2. The standard InChI is InChI=1S/C33H35F3N4O5S/c1-2-3-13-30-38-27-19-18-25(37-31(41)24-9-5-4-6-10-24)20-28(27)40(30)21-22-14-16-23(17-15-22)26-11-7-8-12-29(26)45-32(42)39-46(43,44)33(34,35)36/h7-8,11-12,14-20,24H,2-6,9-10,13,21H2,1H3,(H,37,41)(H,39,42). The summed E-state index contributed by atoms with van der Waals surface area (Å²) in [6.07, 6.45) is 6.11. The summed E-state index contributed by atoms with van der Waals surface area (Å²) in [6.45, 7) is 2.61. The van der Waals surface area contributed by atoms with E-state index in [1.165, 1.54) is 18.6 Å². The number of para-hydroxylation sites is 1. The summed E-state index contributed by atoms with van der Waals surface area (Å²) in [5.74, 6) is 0.895. The van der Waals surface area contributed by atoms with E-state index in [2.05, 4.69) is 16.8 Å². The van der Waals surface area contributed by atoms with Crippen molar-refractivity contribution in [2.75, 3.05) is 5.32 Å². The van der Waals surface area contributed by atoms with Gasteiger partial charge in [0.05, 0.1) is 11.0 Å². The number of nitrogens with one attached hydrogen (secondary N) is 2. The third-order valence-electron chi connectivity index (χ3n) is 8.04. The molecule has 0 spiro atoms. The zero-order chi connectivity index (χ0) is 32.9. The van der Waals surface area contributed by atoms with Gasteiger partial charge in [-0.25, -0.2) is 14.5 Å². The second-order valence-electron chi connectivity index (χ2n) is 11.4. The van der Waals surface area contributed by atoms with Crippen LogP contribution in [0.5, 0.6) is 5.75 Å². The van der Waals surface area contributed by atoms with Crippen molar-refractivity contribution in [3.63, 3.8) is 0 Å². The molecular formula is C33H35F3N4O5S. The Hall–Kier alpha value is -4.39. The molecule has 1 heterocycles. The summed E-state index contributed by atoms with van der Waals surface area (Å²) in [5, 5.41) is 3.10. The zero-order valence-corrected chi connectivity index (χ0v) is 26.1. The fourth-order valence-electron chi connectivity index (χ4n) is 5.62. The van der Waals surface area contributed by atoms with E-state index in [0.717, 1.165) is 77.8 Å². The van der Waals surface area contributed by atoms with Crippen LogP contribution in [0.3, 0.4) is 0 Å². The van der Waals surface area contributed by atoms with Crippen LogP contribution < -0.4 is 14.8 Å². The van der Waals surface area contributed by atoms with Gasteiger partial charge in [0.25, 0.3) is 0 Å². The molecule has 46 heavy (non-hydrogen) atoms. The predicted octanol–water partition coefficient (Wildman–Crippen LogP) is 7.55. The van der Waals surface area contributed by atoms with Crippen LogP contribution in [-0.4, -0.2) is 35.5 Å². The summed E-state index contributed by atoms with van der Waals surface area (Å²) in [5.41, 5.74) is -1.30. The molecule has 2 amide bonds. The zero-order valence-electron chi connectivity index (χ0n) is 25.3. The van der Waals surface area contributed by atoms with Crippen molar-refractivity contribution in [3.8, 4) is 16.9 Å². The van der Waals surface area contributed by atoms with Gasteiger partial charge in [0.2, 0.25) is 5.91 Å². The number of alkyl halides is 3. The maximum atomic E-state index is 12.9. The topological polar surface area (TPSA) is 119 Å². The van der Waals surface area contributed by atoms with E-state index in [9.17, 15) is 31.2 Å². The van der Waals surface area contributed by atoms with E-state index >= 15 is 0 Å². The van der Waals surface area contributed by atoms with E-state index in [1.807, 2.05) is 30.3 Å². The van der Waals surface area contributed by atoms with E-state index in [0.29, 0.717) is 17.7 Å². The predicted molar refractivity (Wildman–Crippen MR) is 169 cm³/mol. The smallest absolute Gasteiger partial charge is 0.409 e. The Labute approximate surface area is 265 Å². The van der Waals surface area contributed by atoms with Crippen LogP contribution in [0.4, 0.5) is 23.7 Å². The third kappa shape index (κ3) is 7.69. The molecule has 0 bridgehead atoms. The van der Waals surface area contributed by atoms with E-state index < -0.39 is 21.6 Å². The summed E-state index contributed by atoms with van der Waals surface area (Å²) < 4.78 is 68.6. The number of sulfonamides is 1. The van der Waals surface area contributed by atoms with Gasteiger partial charge in [-0.3, -0.25) is 4.79 Å². The third-order valence-corrected chi connectivity index (χ3v) is 9.09. The number of hydrogen-bond acceptors (Lipinski definition) is 6. The van der Waals surface area contributed by atoms with Crippen LogP contribution in [0, 0.1) is 5.92 Å². The molecule has 2 N–H and O–H groups in total. The van der Waals surface area contributed by atoms with Gasteiger partial charge < -0.3 is 14.6 Å². The molecule has 0 saturated heterocycles. The summed E-state index contributed by atoms with van der Waals surface area (Å²) in [6, 6.07) is 19.2. The van der Waals surface area contributed by atoms with Gasteiger partial charge in [0.15, 0.2) is 0 Å². The van der Waals surface area contributed by atoms with Crippen LogP contribution in [0.15, 0.2) is 66.7 Å². The first-order valence-corrected chi connectivity index (χ1v) is 16.7. The first-order valence-electron chi connectivity index (χ1n) is 15.2. The fourth-order valence-corrected chi connectivity index (χ4v) is 5.99. The highest BCUT2D eigenvalue weighted by molar-refractivity contribution is 7.90. The van der Waals surface area contributed by atoms with Crippen molar-refractivity contribution in [2.45, 2.75) is 70.3 Å². The molecule has 1 aromatic heterocycles. The van der Waals surface area contributed by atoms with E-state index in [1.54, 1.807) is 24.3 Å². The number of halogens is 3. The van der Waals surface area contributed by atoms with Crippen molar-refractivity contribution in [2.24, 2.45) is 5.92 Å². The number of fused-ring (bicyclic) bond motifs is 1. The normalized spacial score (nSPS) is 14.3. The fraction of sp³-hybridized carbons (Fsp3) is 0.364. The Morgan fingerprint density at radius 1 is 1.00 bits per heavy atom. The van der Waals surface area contributed by atoms with Crippen LogP contribution in [0.1, 0.15) is 63.3 Å². The Morgan fingerprint density at radius 2 is 1.72 bits per heavy atom. The molecule has 1 fully saturated rings. The van der Waals surface area contributed by atoms with Crippen LogP contribution in [0.2, 0.25) is 0 Å². The van der Waals surface area contributed by atoms with Crippen molar-refractivity contribution in [1.82, 2.24) is 14.3 Å². The molecule has 0 aliphatic heterocycles. The van der Waals surface area contributed by atoms with Gasteiger partial charge in [0.1, 0.15) is 11.6 Å². The Kier molecular flexibility index (Phi) is 10.00. The molecule has 0 unspecified atom stereocenters. The lowest BCUT2D eigenvalue weighted by Crippen LogP contribution is -2.41. The van der Waals surface area contributed by atoms with E-state index in [-0.39, 0.29) is 17.6 Å². The number of hydrogen-bond donors (Lipinski definition) is 2. The average Bonchev–Trinajstić information content (AvgIpc) is 3.36. The number of amides is 2. The van der Waals surface area contributed by atoms with Crippen molar-refractivity contribution < 1.29 is 35.9 Å². The molecule has 4 aromatic rings. The molecule has 3 aromatic carbocycles. The molecule has 1 saturated carbocycles. The van der Waals surface area contributed by atoms with Gasteiger partial charge in [-0.2, -0.15) is 21.6 Å². The summed E-state index contributed by atoms with van der Waals surface area (Å²) in [7, 11) is -5.92. The number of anilines is 1. The van der Waals surface area contributed by atoms with Gasteiger partial charge in [0, 0.05) is 30.1 Å². The highest BCUT2D eigenvalue weighted by Crippen LogP contribution is 2.32. The number of unbranched alkanes of at least 4 members (excludes halogenated alkanes) is 1. The van der Waals surface area contributed by atoms with Crippen molar-refractivity contribution in [1.29, 1.82) is 0 Å². The van der Waals surface area contributed by atoms with Crippen molar-refractivity contribution in [3.05, 3.63) is 78.1 Å². The summed E-state index contributed by atoms with van der Waals surface area (Å²) in [4.78, 5) is 29.8. The van der Waals surface area contributed by atoms with Gasteiger partial charge >= 0.3 is 21.6 Å². The number of nitrogens with zero attached hydrogens (tertiary/aromatic N) is 2. The van der Waals surface area contributed by atoms with Gasteiger partial charge in [-0.15, -0.1) is 0 Å². The average molecular weight is 657 g/mol. The van der Waals surface area contributed by atoms with Crippen molar-refractivity contribution >= 4 is 38.7 Å². The quantitative estimate of drug-likeness (QED) is 0.182. The lowest BCUT2D eigenvalue weighted by molar-refractivity contribution is -0.120. The highest BCUT2D eigenvalue weighted by atomic mass is 32.2. The molecular weight excluding hydrogens is 621 g/mol. The molecule has 244 valence electrons. The Bertz CT molecular complexity index is 1820. The minimum Gasteiger partial charge on any atom is -0.409 e. The maximum absolute atomic E-state index is 12.9. The van der Waals surface area contributed by atoms with Crippen LogP contribution in [0.25, 0.3) is 22.2 Å². The number of imidazole rings is 1. The number of rotatable bonds is 10. The molecule has 13 heteroatoms. The minimum absolute atomic E-state index is 0.0332. The number of benzene rings is 3. The lowest BCUT2D eigenvalue weighted by atomic mass is 9.88. The summed E-state index contributed by atoms with van der Waals surface area (Å²) >= 11 is 0. The number of aryl methyl sites for hydroxylation is 1. The molecule has 0 atom stereocenters. The first-order chi connectivity index (χ1) is 21.9. The number of ether oxygens (including phenoxy) is 1. The van der Waals surface area contributed by atoms with Gasteiger partial charge in [-0.05, 0) is 54.7 Å². The number of carbonyl (C=O) groups is 2. The maximum Gasteiger partial charge on any atom is 0.516 e. The SMILES string of the molecule is CCCCc1nc2ccc(NC(=O)C3CCCCC3)cc2n1Cc1ccc(-c2ccccc2OC(=O)NS(=O)(=O)C(F)(F)F)cc1. The molecule has 1 aliphatic carbocycles. The van der Waals surface area contributed by atoms with Crippen LogP contribution >= 0.6 is 0 Å². The monoisotopic (exact) mass is 656 g/mol. The molecule has 9 nitrogen and oxygen atoms in total. The molecule has 1 aliphatic rings. The Morgan fingerprint density at radius 3 is 2.41 bits per heavy atom. The largest absolute Gasteiger partial charge is 0.516 e. The first kappa shape index (κ1) is 33.0. The van der Waals surface area contributed by atoms with E-state index in [4.69, 9.17) is 9.72 Å². The Balaban J connectivity index is 1.37. The number of aromatic nitrogens is 2. The van der Waals surface area contributed by atoms with Gasteiger partial charge in [-0.1, -0.05) is 75.1 Å². The molecule has 5 rings (SSSR count). The lowest BCUT2D eigenvalue weighted by Gasteiger charge is -2.20. The molecule has 0 radical (unpaired) electrons. The minimum atomic E-state index is -5.92. The highest BCUT2D eigenvalue weighted by Gasteiger charge is 2.47. The van der Waals surface area contributed by atoms with Crippen LogP contribution in [-0.2, 0) is 27.8 Å². The second kappa shape index (κ2) is 13.9. The second-order valence-corrected chi connectivity index (χ2v) is 13.1.